The van der Waals surface area contributed by atoms with Gasteiger partial charge in [0.15, 0.2) is 6.29 Å². The molecule has 9 heteroatoms. The van der Waals surface area contributed by atoms with Crippen LogP contribution in [-0.2, 0) is 16.1 Å². The van der Waals surface area contributed by atoms with E-state index in [9.17, 15) is 9.90 Å². The molecule has 0 spiro atoms. The van der Waals surface area contributed by atoms with Gasteiger partial charge in [0.05, 0.1) is 43.2 Å². The minimum absolute atomic E-state index is 0.0123. The monoisotopic (exact) mass is 607 g/mol. The number of nitrogens with zero attached hydrogens (tertiary/aromatic N) is 2. The van der Waals surface area contributed by atoms with Crippen LogP contribution in [0.2, 0.25) is 0 Å². The lowest BCUT2D eigenvalue weighted by Crippen LogP contribution is -2.38. The second-order valence-corrected chi connectivity index (χ2v) is 11.7. The SMILES string of the molecule is COc1ccccc1SC[C@H]1O[C@@H](c2ccc(NC(=O)c3cnc4ccccc4n3)cc2)O[C@@H](c2ccc(CO)cc2)[C@H]1C. The normalized spacial score (nSPS) is 19.9. The number of para-hydroxylation sites is 3. The number of aromatic nitrogens is 2. The van der Waals surface area contributed by atoms with Gasteiger partial charge in [0, 0.05) is 27.8 Å². The zero-order chi connectivity index (χ0) is 30.5. The van der Waals surface area contributed by atoms with Gasteiger partial charge >= 0.3 is 0 Å². The number of carbonyl (C=O) groups is 1. The van der Waals surface area contributed by atoms with E-state index < -0.39 is 6.29 Å². The molecule has 8 nitrogen and oxygen atoms in total. The minimum Gasteiger partial charge on any atom is -0.496 e. The predicted molar refractivity (Wildman–Crippen MR) is 171 cm³/mol. The fourth-order valence-electron chi connectivity index (χ4n) is 5.21. The van der Waals surface area contributed by atoms with Crippen molar-refractivity contribution in [2.45, 2.75) is 36.9 Å². The highest BCUT2D eigenvalue weighted by atomic mass is 32.2. The summed E-state index contributed by atoms with van der Waals surface area (Å²) in [7, 11) is 1.68. The van der Waals surface area contributed by atoms with Crippen molar-refractivity contribution in [1.29, 1.82) is 0 Å². The molecule has 1 fully saturated rings. The first kappa shape index (κ1) is 29.8. The average molecular weight is 608 g/mol. The molecule has 2 heterocycles. The second kappa shape index (κ2) is 13.6. The van der Waals surface area contributed by atoms with Crippen LogP contribution >= 0.6 is 11.8 Å². The van der Waals surface area contributed by atoms with E-state index in [-0.39, 0.29) is 36.3 Å². The van der Waals surface area contributed by atoms with E-state index in [2.05, 4.69) is 22.2 Å². The molecule has 1 amide bonds. The molecule has 44 heavy (non-hydrogen) atoms. The Labute approximate surface area is 260 Å². The number of ether oxygens (including phenoxy) is 3. The lowest BCUT2D eigenvalue weighted by atomic mass is 9.91. The first-order valence-corrected chi connectivity index (χ1v) is 15.4. The van der Waals surface area contributed by atoms with Crippen molar-refractivity contribution in [3.8, 4) is 5.75 Å². The maximum atomic E-state index is 12.9. The van der Waals surface area contributed by atoms with E-state index in [0.717, 1.165) is 32.9 Å². The summed E-state index contributed by atoms with van der Waals surface area (Å²) in [6.07, 6.45) is 0.508. The highest BCUT2D eigenvalue weighted by Gasteiger charge is 2.38. The first-order chi connectivity index (χ1) is 21.5. The maximum Gasteiger partial charge on any atom is 0.275 e. The fourth-order valence-corrected chi connectivity index (χ4v) is 6.40. The molecule has 1 aliphatic heterocycles. The predicted octanol–water partition coefficient (Wildman–Crippen LogP) is 6.97. The molecule has 1 saturated heterocycles. The number of methoxy groups -OCH3 is 1. The molecule has 224 valence electrons. The number of amides is 1. The molecule has 0 unspecified atom stereocenters. The molecule has 0 bridgehead atoms. The lowest BCUT2D eigenvalue weighted by Gasteiger charge is -2.41. The van der Waals surface area contributed by atoms with E-state index >= 15 is 0 Å². The quantitative estimate of drug-likeness (QED) is 0.173. The fraction of sp³-hybridized carbons (Fsp3) is 0.229. The van der Waals surface area contributed by atoms with Crippen molar-refractivity contribution in [3.05, 3.63) is 126 Å². The number of aliphatic hydroxyl groups excluding tert-OH is 1. The van der Waals surface area contributed by atoms with E-state index in [1.807, 2.05) is 97.1 Å². The van der Waals surface area contributed by atoms with Gasteiger partial charge in [-0.25, -0.2) is 4.98 Å². The Kier molecular flexibility index (Phi) is 9.18. The van der Waals surface area contributed by atoms with Crippen LogP contribution in [0.15, 0.2) is 108 Å². The number of hydrogen-bond acceptors (Lipinski definition) is 8. The molecule has 0 saturated carbocycles. The molecule has 2 N–H and O–H groups in total. The van der Waals surface area contributed by atoms with Gasteiger partial charge in [-0.2, -0.15) is 0 Å². The number of fused-ring (bicyclic) bond motifs is 1. The molecule has 6 rings (SSSR count). The van der Waals surface area contributed by atoms with Crippen molar-refractivity contribution in [1.82, 2.24) is 9.97 Å². The van der Waals surface area contributed by atoms with Crippen LogP contribution in [0, 0.1) is 5.92 Å². The van der Waals surface area contributed by atoms with Crippen LogP contribution in [0.25, 0.3) is 11.0 Å². The maximum absolute atomic E-state index is 12.9. The topological polar surface area (TPSA) is 103 Å². The van der Waals surface area contributed by atoms with Crippen LogP contribution in [0.4, 0.5) is 5.69 Å². The molecule has 4 atom stereocenters. The van der Waals surface area contributed by atoms with Gasteiger partial charge in [0.2, 0.25) is 0 Å². The Morgan fingerprint density at radius 3 is 2.36 bits per heavy atom. The molecule has 5 aromatic rings. The van der Waals surface area contributed by atoms with E-state index in [1.165, 1.54) is 6.20 Å². The van der Waals surface area contributed by atoms with Gasteiger partial charge in [0.1, 0.15) is 11.4 Å². The largest absolute Gasteiger partial charge is 0.496 e. The summed E-state index contributed by atoms with van der Waals surface area (Å²) in [4.78, 5) is 22.7. The Hall–Kier alpha value is -4.28. The Morgan fingerprint density at radius 1 is 0.909 bits per heavy atom. The third kappa shape index (κ3) is 6.61. The lowest BCUT2D eigenvalue weighted by molar-refractivity contribution is -0.268. The van der Waals surface area contributed by atoms with Crippen LogP contribution in [0.3, 0.4) is 0 Å². The first-order valence-electron chi connectivity index (χ1n) is 14.4. The number of benzene rings is 4. The number of hydrogen-bond donors (Lipinski definition) is 2. The summed E-state index contributed by atoms with van der Waals surface area (Å²) < 4.78 is 18.7. The summed E-state index contributed by atoms with van der Waals surface area (Å²) in [5.41, 5.74) is 4.97. The van der Waals surface area contributed by atoms with Crippen molar-refractivity contribution in [2.24, 2.45) is 5.92 Å². The Morgan fingerprint density at radius 2 is 1.61 bits per heavy atom. The van der Waals surface area contributed by atoms with Gasteiger partial charge in [-0.05, 0) is 47.5 Å². The number of carbonyl (C=O) groups excluding carboxylic acids is 1. The Balaban J connectivity index is 1.20. The molecule has 0 aliphatic carbocycles. The van der Waals surface area contributed by atoms with E-state index in [1.54, 1.807) is 18.9 Å². The summed E-state index contributed by atoms with van der Waals surface area (Å²) >= 11 is 1.69. The van der Waals surface area contributed by atoms with Gasteiger partial charge in [-0.15, -0.1) is 11.8 Å². The number of thioether (sulfide) groups is 1. The van der Waals surface area contributed by atoms with Gasteiger partial charge in [-0.3, -0.25) is 9.78 Å². The molecule has 1 aliphatic rings. The smallest absolute Gasteiger partial charge is 0.275 e. The zero-order valence-corrected chi connectivity index (χ0v) is 25.2. The number of rotatable bonds is 9. The Bertz CT molecular complexity index is 1730. The highest BCUT2D eigenvalue weighted by Crippen LogP contribution is 2.43. The average Bonchev–Trinajstić information content (AvgIpc) is 3.08. The van der Waals surface area contributed by atoms with E-state index in [4.69, 9.17) is 14.2 Å². The number of aliphatic hydroxyl groups is 1. The van der Waals surface area contributed by atoms with Crippen molar-refractivity contribution >= 4 is 34.4 Å². The summed E-state index contributed by atoms with van der Waals surface area (Å²) in [5, 5.41) is 12.4. The van der Waals surface area contributed by atoms with Crippen LogP contribution in [0.1, 0.15) is 46.5 Å². The standard InChI is InChI=1S/C35H33N3O5S/c1-22-31(21-44-32-10-6-5-9-30(32)41-2)42-35(43-33(22)24-13-11-23(20-39)12-14-24)25-15-17-26(18-16-25)37-34(40)29-19-36-27-7-3-4-8-28(27)38-29/h3-19,22,31,33,35,39H,20-21H2,1-2H3,(H,37,40)/t22-,31+,33+,35+/m0/s1. The summed E-state index contributed by atoms with van der Waals surface area (Å²) in [6.45, 7) is 2.13. The molecule has 0 radical (unpaired) electrons. The van der Waals surface area contributed by atoms with E-state index in [0.29, 0.717) is 17.0 Å². The number of anilines is 1. The van der Waals surface area contributed by atoms with Gasteiger partial charge in [0.25, 0.3) is 5.91 Å². The van der Waals surface area contributed by atoms with Crippen molar-refractivity contribution in [2.75, 3.05) is 18.2 Å². The third-order valence-electron chi connectivity index (χ3n) is 7.72. The minimum atomic E-state index is -0.618. The molecular formula is C35H33N3O5S. The molecule has 4 aromatic carbocycles. The zero-order valence-electron chi connectivity index (χ0n) is 24.4. The van der Waals surface area contributed by atoms with Crippen molar-refractivity contribution < 1.29 is 24.1 Å². The molecule has 1 aromatic heterocycles. The van der Waals surface area contributed by atoms with Crippen molar-refractivity contribution in [3.63, 3.8) is 0 Å². The second-order valence-electron chi connectivity index (χ2n) is 10.6. The summed E-state index contributed by atoms with van der Waals surface area (Å²) in [6, 6.07) is 30.7. The summed E-state index contributed by atoms with van der Waals surface area (Å²) in [5.74, 6) is 1.25. The molecular weight excluding hydrogens is 574 g/mol. The number of nitrogens with one attached hydrogen (secondary N) is 1. The van der Waals surface area contributed by atoms with Crippen LogP contribution in [0.5, 0.6) is 5.75 Å². The van der Waals surface area contributed by atoms with Gasteiger partial charge in [-0.1, -0.05) is 67.6 Å². The van der Waals surface area contributed by atoms with Crippen LogP contribution < -0.4 is 10.1 Å². The van der Waals surface area contributed by atoms with Gasteiger partial charge < -0.3 is 24.6 Å². The highest BCUT2D eigenvalue weighted by molar-refractivity contribution is 7.99. The third-order valence-corrected chi connectivity index (χ3v) is 8.86. The van der Waals surface area contributed by atoms with Crippen LogP contribution in [-0.4, -0.2) is 39.9 Å².